The van der Waals surface area contributed by atoms with Crippen LogP contribution in [0, 0.1) is 6.92 Å². The van der Waals surface area contributed by atoms with E-state index in [0.717, 1.165) is 55.6 Å². The number of hydrogen-bond donors (Lipinski definition) is 2. The SMILES string of the molecule is COCc1nc(NCCNc2ncccc2C)cc([C@H]2CCOC2)n1. The molecule has 0 bridgehead atoms. The summed E-state index contributed by atoms with van der Waals surface area (Å²) in [6.07, 6.45) is 2.80. The first-order chi connectivity index (χ1) is 12.3. The average molecular weight is 343 g/mol. The van der Waals surface area contributed by atoms with E-state index in [1.54, 1.807) is 13.3 Å². The van der Waals surface area contributed by atoms with Gasteiger partial charge in [-0.15, -0.1) is 0 Å². The first kappa shape index (κ1) is 17.6. The first-order valence-corrected chi connectivity index (χ1v) is 8.60. The lowest BCUT2D eigenvalue weighted by atomic mass is 10.0. The van der Waals surface area contributed by atoms with Crippen LogP contribution >= 0.6 is 0 Å². The van der Waals surface area contributed by atoms with Gasteiger partial charge in [-0.25, -0.2) is 15.0 Å². The fourth-order valence-electron chi connectivity index (χ4n) is 2.82. The second-order valence-electron chi connectivity index (χ2n) is 6.11. The number of anilines is 2. The third-order valence-corrected chi connectivity index (χ3v) is 4.15. The molecule has 134 valence electrons. The van der Waals surface area contributed by atoms with E-state index in [1.165, 1.54) is 0 Å². The van der Waals surface area contributed by atoms with Crippen LogP contribution in [0.4, 0.5) is 11.6 Å². The molecule has 2 aromatic heterocycles. The van der Waals surface area contributed by atoms with Gasteiger partial charge < -0.3 is 20.1 Å². The molecular weight excluding hydrogens is 318 g/mol. The highest BCUT2D eigenvalue weighted by molar-refractivity contribution is 5.43. The minimum Gasteiger partial charge on any atom is -0.381 e. The van der Waals surface area contributed by atoms with Crippen LogP contribution in [0.1, 0.15) is 29.4 Å². The van der Waals surface area contributed by atoms with Gasteiger partial charge in [0.15, 0.2) is 5.82 Å². The number of nitrogens with zero attached hydrogens (tertiary/aromatic N) is 3. The van der Waals surface area contributed by atoms with Crippen molar-refractivity contribution in [3.05, 3.63) is 41.5 Å². The predicted molar refractivity (Wildman–Crippen MR) is 96.9 cm³/mol. The normalized spacial score (nSPS) is 16.8. The number of ether oxygens (including phenoxy) is 2. The Morgan fingerprint density at radius 3 is 2.92 bits per heavy atom. The third-order valence-electron chi connectivity index (χ3n) is 4.15. The number of aryl methyl sites for hydroxylation is 1. The van der Waals surface area contributed by atoms with Gasteiger partial charge in [-0.3, -0.25) is 0 Å². The number of hydrogen-bond acceptors (Lipinski definition) is 7. The summed E-state index contributed by atoms with van der Waals surface area (Å²) >= 11 is 0. The quantitative estimate of drug-likeness (QED) is 0.712. The summed E-state index contributed by atoms with van der Waals surface area (Å²) in [7, 11) is 1.65. The van der Waals surface area contributed by atoms with Crippen LogP contribution in [0.3, 0.4) is 0 Å². The van der Waals surface area contributed by atoms with E-state index in [4.69, 9.17) is 9.47 Å². The predicted octanol–water partition coefficient (Wildman–Crippen LogP) is 2.35. The molecule has 2 N–H and O–H groups in total. The monoisotopic (exact) mass is 343 g/mol. The summed E-state index contributed by atoms with van der Waals surface area (Å²) in [5.74, 6) is 2.77. The smallest absolute Gasteiger partial charge is 0.156 e. The molecule has 3 rings (SSSR count). The molecule has 0 unspecified atom stereocenters. The average Bonchev–Trinajstić information content (AvgIpc) is 3.15. The molecule has 0 amide bonds. The topological polar surface area (TPSA) is 81.2 Å². The van der Waals surface area contributed by atoms with Gasteiger partial charge in [0, 0.05) is 45.0 Å². The molecule has 25 heavy (non-hydrogen) atoms. The van der Waals surface area contributed by atoms with Crippen LogP contribution in [0.5, 0.6) is 0 Å². The molecule has 0 radical (unpaired) electrons. The van der Waals surface area contributed by atoms with Gasteiger partial charge in [0.1, 0.15) is 18.2 Å². The number of nitrogens with one attached hydrogen (secondary N) is 2. The molecular formula is C18H25N5O2. The third kappa shape index (κ3) is 4.87. The largest absolute Gasteiger partial charge is 0.381 e. The van der Waals surface area contributed by atoms with Crippen molar-refractivity contribution in [2.75, 3.05) is 44.0 Å². The summed E-state index contributed by atoms with van der Waals surface area (Å²) in [5.41, 5.74) is 2.16. The van der Waals surface area contributed by atoms with E-state index >= 15 is 0 Å². The Bertz CT molecular complexity index is 689. The van der Waals surface area contributed by atoms with Crippen LogP contribution in [0.25, 0.3) is 0 Å². The zero-order valence-electron chi connectivity index (χ0n) is 14.8. The molecule has 7 heteroatoms. The van der Waals surface area contributed by atoms with Crippen molar-refractivity contribution in [1.29, 1.82) is 0 Å². The van der Waals surface area contributed by atoms with Gasteiger partial charge in [-0.2, -0.15) is 0 Å². The fraction of sp³-hybridized carbons (Fsp3) is 0.500. The molecule has 7 nitrogen and oxygen atoms in total. The minimum absolute atomic E-state index is 0.341. The van der Waals surface area contributed by atoms with Crippen molar-refractivity contribution in [2.24, 2.45) is 0 Å². The first-order valence-electron chi connectivity index (χ1n) is 8.60. The van der Waals surface area contributed by atoms with Crippen LogP contribution in [0.2, 0.25) is 0 Å². The summed E-state index contributed by atoms with van der Waals surface area (Å²) in [6.45, 7) is 5.46. The van der Waals surface area contributed by atoms with E-state index in [0.29, 0.717) is 18.3 Å². The van der Waals surface area contributed by atoms with Crippen molar-refractivity contribution < 1.29 is 9.47 Å². The van der Waals surface area contributed by atoms with Crippen LogP contribution in [0.15, 0.2) is 24.4 Å². The maximum atomic E-state index is 5.48. The van der Waals surface area contributed by atoms with Gasteiger partial charge >= 0.3 is 0 Å². The minimum atomic E-state index is 0.341. The Balaban J connectivity index is 1.59. The van der Waals surface area contributed by atoms with Crippen molar-refractivity contribution in [1.82, 2.24) is 15.0 Å². The molecule has 1 atom stereocenters. The van der Waals surface area contributed by atoms with Crippen LogP contribution < -0.4 is 10.6 Å². The molecule has 0 aliphatic carbocycles. The number of pyridine rings is 1. The Labute approximate surface area is 148 Å². The number of rotatable bonds is 8. The zero-order valence-corrected chi connectivity index (χ0v) is 14.8. The van der Waals surface area contributed by atoms with E-state index in [1.807, 2.05) is 25.1 Å². The maximum absolute atomic E-state index is 5.48. The maximum Gasteiger partial charge on any atom is 0.156 e. The molecule has 1 fully saturated rings. The van der Waals surface area contributed by atoms with Crippen LogP contribution in [-0.2, 0) is 16.1 Å². The Kier molecular flexibility index (Phi) is 6.14. The standard InChI is InChI=1S/C18H25N5O2/c1-13-4-3-6-20-18(13)21-8-7-19-16-10-15(14-5-9-25-11-14)22-17(23-16)12-24-2/h3-4,6,10,14H,5,7-9,11-12H2,1-2H3,(H,20,21)(H,19,22,23)/t14-/m0/s1. The van der Waals surface area contributed by atoms with E-state index in [2.05, 4.69) is 25.6 Å². The highest BCUT2D eigenvalue weighted by atomic mass is 16.5. The van der Waals surface area contributed by atoms with Crippen molar-refractivity contribution in [3.63, 3.8) is 0 Å². The summed E-state index contributed by atoms with van der Waals surface area (Å²) in [4.78, 5) is 13.5. The Morgan fingerprint density at radius 1 is 1.28 bits per heavy atom. The Hall–Kier alpha value is -2.25. The van der Waals surface area contributed by atoms with Gasteiger partial charge in [0.2, 0.25) is 0 Å². The molecule has 1 aliphatic heterocycles. The molecule has 3 heterocycles. The summed E-state index contributed by atoms with van der Waals surface area (Å²) in [6, 6.07) is 6.00. The Morgan fingerprint density at radius 2 is 2.16 bits per heavy atom. The van der Waals surface area contributed by atoms with Crippen molar-refractivity contribution in [3.8, 4) is 0 Å². The highest BCUT2D eigenvalue weighted by Gasteiger charge is 2.20. The van der Waals surface area contributed by atoms with Gasteiger partial charge in [-0.1, -0.05) is 6.07 Å². The summed E-state index contributed by atoms with van der Waals surface area (Å²) in [5, 5.41) is 6.69. The zero-order chi connectivity index (χ0) is 17.5. The number of methoxy groups -OCH3 is 1. The highest BCUT2D eigenvalue weighted by Crippen LogP contribution is 2.25. The molecule has 0 spiro atoms. The molecule has 0 aromatic carbocycles. The molecule has 0 saturated carbocycles. The van der Waals surface area contributed by atoms with Gasteiger partial charge in [0.25, 0.3) is 0 Å². The lowest BCUT2D eigenvalue weighted by Crippen LogP contribution is -2.17. The lowest BCUT2D eigenvalue weighted by Gasteiger charge is -2.13. The second kappa shape index (κ2) is 8.73. The second-order valence-corrected chi connectivity index (χ2v) is 6.11. The summed E-state index contributed by atoms with van der Waals surface area (Å²) < 4.78 is 10.7. The lowest BCUT2D eigenvalue weighted by molar-refractivity contribution is 0.177. The van der Waals surface area contributed by atoms with E-state index in [-0.39, 0.29) is 0 Å². The van der Waals surface area contributed by atoms with E-state index < -0.39 is 0 Å². The van der Waals surface area contributed by atoms with Crippen molar-refractivity contribution >= 4 is 11.6 Å². The molecule has 1 saturated heterocycles. The van der Waals surface area contributed by atoms with E-state index in [9.17, 15) is 0 Å². The molecule has 1 aliphatic rings. The number of aromatic nitrogens is 3. The van der Waals surface area contributed by atoms with Crippen LogP contribution in [-0.4, -0.2) is 48.4 Å². The van der Waals surface area contributed by atoms with Gasteiger partial charge in [0.05, 0.1) is 12.3 Å². The molecule has 2 aromatic rings. The van der Waals surface area contributed by atoms with Gasteiger partial charge in [-0.05, 0) is 25.0 Å². The fourth-order valence-corrected chi connectivity index (χ4v) is 2.82. The van der Waals surface area contributed by atoms with Crippen molar-refractivity contribution in [2.45, 2.75) is 25.9 Å².